The normalized spacial score (nSPS) is 18.4. The van der Waals surface area contributed by atoms with Crippen LogP contribution in [0.5, 0.6) is 0 Å². The van der Waals surface area contributed by atoms with Crippen LogP contribution in [0, 0.1) is 5.92 Å². The van der Waals surface area contributed by atoms with Gasteiger partial charge in [-0.15, -0.1) is 0 Å². The molecule has 0 bridgehead atoms. The van der Waals surface area contributed by atoms with Gasteiger partial charge in [-0.2, -0.15) is 0 Å². The average molecular weight is 292 g/mol. The third kappa shape index (κ3) is 4.16. The number of aromatic carboxylic acids is 1. The Bertz CT molecular complexity index is 521. The van der Waals surface area contributed by atoms with Crippen LogP contribution in [0.25, 0.3) is 0 Å². The van der Waals surface area contributed by atoms with E-state index in [0.717, 1.165) is 26.1 Å². The molecule has 2 amide bonds. The molecule has 114 valence electrons. The van der Waals surface area contributed by atoms with E-state index in [1.807, 2.05) is 0 Å². The van der Waals surface area contributed by atoms with E-state index >= 15 is 0 Å². The molecule has 0 radical (unpaired) electrons. The lowest BCUT2D eigenvalue weighted by atomic mass is 10.1. The predicted octanol–water partition coefficient (Wildman–Crippen LogP) is 1.24. The summed E-state index contributed by atoms with van der Waals surface area (Å²) in [7, 11) is 0. The van der Waals surface area contributed by atoms with Crippen molar-refractivity contribution >= 4 is 17.7 Å². The van der Waals surface area contributed by atoms with Crippen LogP contribution in [0.4, 0.5) is 10.5 Å². The van der Waals surface area contributed by atoms with Gasteiger partial charge in [0, 0.05) is 19.3 Å². The molecule has 1 atom stereocenters. The predicted molar refractivity (Wildman–Crippen MR) is 78.4 cm³/mol. The molecule has 3 N–H and O–H groups in total. The molecular weight excluding hydrogens is 272 g/mol. The van der Waals surface area contributed by atoms with Crippen molar-refractivity contribution in [3.8, 4) is 0 Å². The van der Waals surface area contributed by atoms with Crippen LogP contribution in [-0.2, 0) is 0 Å². The fourth-order valence-electron chi connectivity index (χ4n) is 2.45. The Kier molecular flexibility index (Phi) is 5.10. The molecule has 1 aliphatic heterocycles. The quantitative estimate of drug-likeness (QED) is 0.759. The molecule has 0 saturated carbocycles. The summed E-state index contributed by atoms with van der Waals surface area (Å²) in [6.07, 6.45) is 2.45. The van der Waals surface area contributed by atoms with E-state index in [2.05, 4.69) is 27.4 Å². The van der Waals surface area contributed by atoms with Crippen LogP contribution >= 0.6 is 0 Å². The van der Waals surface area contributed by atoms with Crippen LogP contribution in [0.3, 0.4) is 0 Å². The van der Waals surface area contributed by atoms with E-state index < -0.39 is 12.0 Å². The summed E-state index contributed by atoms with van der Waals surface area (Å²) < 4.78 is 0. The number of likely N-dealkylation sites (tertiary alicyclic amines) is 1. The summed E-state index contributed by atoms with van der Waals surface area (Å²) in [5, 5.41) is 14.3. The number of hydrogen-bond donors (Lipinski definition) is 3. The van der Waals surface area contributed by atoms with Gasteiger partial charge in [0.25, 0.3) is 0 Å². The summed E-state index contributed by atoms with van der Waals surface area (Å²) in [6.45, 7) is 5.80. The van der Waals surface area contributed by atoms with Gasteiger partial charge in [-0.25, -0.2) is 14.6 Å². The van der Waals surface area contributed by atoms with Gasteiger partial charge in [0.1, 0.15) is 0 Å². The molecule has 0 aliphatic carbocycles. The van der Waals surface area contributed by atoms with Gasteiger partial charge in [-0.3, -0.25) is 0 Å². The minimum Gasteiger partial charge on any atom is -0.476 e. The minimum atomic E-state index is -1.17. The Morgan fingerprint density at radius 2 is 2.33 bits per heavy atom. The molecule has 7 nitrogen and oxygen atoms in total. The van der Waals surface area contributed by atoms with E-state index in [4.69, 9.17) is 5.11 Å². The maximum atomic E-state index is 11.8. The number of nitrogens with zero attached hydrogens (tertiary/aromatic N) is 2. The highest BCUT2D eigenvalue weighted by atomic mass is 16.4. The van der Waals surface area contributed by atoms with Crippen molar-refractivity contribution in [3.63, 3.8) is 0 Å². The van der Waals surface area contributed by atoms with Crippen molar-refractivity contribution in [2.45, 2.75) is 13.3 Å². The van der Waals surface area contributed by atoms with Gasteiger partial charge in [-0.05, 0) is 37.6 Å². The minimum absolute atomic E-state index is 0.161. The number of carbonyl (C=O) groups excluding carboxylic acids is 1. The fraction of sp³-hybridized carbons (Fsp3) is 0.500. The summed E-state index contributed by atoms with van der Waals surface area (Å²) in [4.78, 5) is 28.9. The molecular formula is C14H20N4O3. The second-order valence-electron chi connectivity index (χ2n) is 5.09. The van der Waals surface area contributed by atoms with Crippen LogP contribution in [0.15, 0.2) is 18.3 Å². The lowest BCUT2D eigenvalue weighted by molar-refractivity contribution is 0.0691. The topological polar surface area (TPSA) is 94.6 Å². The Hall–Kier alpha value is -2.15. The van der Waals surface area contributed by atoms with Crippen LogP contribution < -0.4 is 10.6 Å². The van der Waals surface area contributed by atoms with Crippen molar-refractivity contribution in [1.29, 1.82) is 0 Å². The SMILES string of the molecule is CCN1CCC(CNC(=O)Nc2cccnc2C(=O)O)C1. The fourth-order valence-corrected chi connectivity index (χ4v) is 2.45. The highest BCUT2D eigenvalue weighted by molar-refractivity contribution is 5.98. The standard InChI is InChI=1S/C14H20N4O3/c1-2-18-7-5-10(9-18)8-16-14(21)17-11-4-3-6-15-12(11)13(19)20/h3-4,6,10H,2,5,7-9H2,1H3,(H,19,20)(H2,16,17,21). The first-order valence-electron chi connectivity index (χ1n) is 7.05. The zero-order valence-electron chi connectivity index (χ0n) is 12.0. The second kappa shape index (κ2) is 7.03. The number of amides is 2. The summed E-state index contributed by atoms with van der Waals surface area (Å²) in [6, 6.07) is 2.70. The van der Waals surface area contributed by atoms with Crippen molar-refractivity contribution in [2.75, 3.05) is 31.5 Å². The molecule has 1 saturated heterocycles. The van der Waals surface area contributed by atoms with Crippen molar-refractivity contribution in [2.24, 2.45) is 5.92 Å². The maximum Gasteiger partial charge on any atom is 0.356 e. The van der Waals surface area contributed by atoms with Gasteiger partial charge in [-0.1, -0.05) is 6.92 Å². The first-order valence-corrected chi connectivity index (χ1v) is 7.05. The third-order valence-corrected chi connectivity index (χ3v) is 3.63. The molecule has 1 aromatic rings. The van der Waals surface area contributed by atoms with E-state index in [1.165, 1.54) is 12.3 Å². The number of anilines is 1. The number of nitrogens with one attached hydrogen (secondary N) is 2. The van der Waals surface area contributed by atoms with Gasteiger partial charge >= 0.3 is 12.0 Å². The first-order chi connectivity index (χ1) is 10.1. The third-order valence-electron chi connectivity index (χ3n) is 3.63. The number of hydrogen-bond acceptors (Lipinski definition) is 4. The molecule has 7 heteroatoms. The molecule has 0 aromatic carbocycles. The van der Waals surface area contributed by atoms with Crippen LogP contribution in [0.2, 0.25) is 0 Å². The Balaban J connectivity index is 1.84. The zero-order chi connectivity index (χ0) is 15.2. The highest BCUT2D eigenvalue weighted by Crippen LogP contribution is 2.15. The Morgan fingerprint density at radius 3 is 3.00 bits per heavy atom. The van der Waals surface area contributed by atoms with Gasteiger partial charge in [0.15, 0.2) is 5.69 Å². The number of carboxylic acid groups (broad SMARTS) is 1. The lowest BCUT2D eigenvalue weighted by Crippen LogP contribution is -2.34. The van der Waals surface area contributed by atoms with E-state index in [9.17, 15) is 9.59 Å². The average Bonchev–Trinajstić information content (AvgIpc) is 2.93. The van der Waals surface area contributed by atoms with Crippen molar-refractivity contribution < 1.29 is 14.7 Å². The van der Waals surface area contributed by atoms with Gasteiger partial charge in [0.05, 0.1) is 5.69 Å². The van der Waals surface area contributed by atoms with Crippen LogP contribution in [-0.4, -0.2) is 53.2 Å². The molecule has 0 spiro atoms. The molecule has 21 heavy (non-hydrogen) atoms. The molecule has 1 aromatic heterocycles. The smallest absolute Gasteiger partial charge is 0.356 e. The molecule has 1 fully saturated rings. The molecule has 1 unspecified atom stereocenters. The number of urea groups is 1. The van der Waals surface area contributed by atoms with Crippen LogP contribution in [0.1, 0.15) is 23.8 Å². The number of carboxylic acids is 1. The van der Waals surface area contributed by atoms with E-state index in [1.54, 1.807) is 6.07 Å². The molecule has 2 rings (SSSR count). The van der Waals surface area contributed by atoms with E-state index in [-0.39, 0.29) is 11.4 Å². The number of carbonyl (C=O) groups is 2. The number of pyridine rings is 1. The summed E-state index contributed by atoms with van der Waals surface area (Å²) in [5.74, 6) is -0.719. The first kappa shape index (κ1) is 15.2. The lowest BCUT2D eigenvalue weighted by Gasteiger charge is -2.14. The maximum absolute atomic E-state index is 11.8. The van der Waals surface area contributed by atoms with E-state index in [0.29, 0.717) is 12.5 Å². The van der Waals surface area contributed by atoms with Crippen molar-refractivity contribution in [1.82, 2.24) is 15.2 Å². The zero-order valence-corrected chi connectivity index (χ0v) is 12.0. The molecule has 1 aliphatic rings. The summed E-state index contributed by atoms with van der Waals surface area (Å²) in [5.41, 5.74) is 0.0368. The number of rotatable bonds is 5. The Labute approximate surface area is 123 Å². The monoisotopic (exact) mass is 292 g/mol. The van der Waals surface area contributed by atoms with Crippen molar-refractivity contribution in [3.05, 3.63) is 24.0 Å². The van der Waals surface area contributed by atoms with Gasteiger partial charge in [0.2, 0.25) is 0 Å². The summed E-state index contributed by atoms with van der Waals surface area (Å²) >= 11 is 0. The molecule has 2 heterocycles. The largest absolute Gasteiger partial charge is 0.476 e. The highest BCUT2D eigenvalue weighted by Gasteiger charge is 2.21. The second-order valence-corrected chi connectivity index (χ2v) is 5.09. The van der Waals surface area contributed by atoms with Gasteiger partial charge < -0.3 is 20.6 Å². The Morgan fingerprint density at radius 1 is 1.52 bits per heavy atom. The number of aromatic nitrogens is 1.